The smallest absolute Gasteiger partial charge is 0.207 e. The minimum Gasteiger partial charge on any atom is -0.383 e. The van der Waals surface area contributed by atoms with Gasteiger partial charge in [-0.3, -0.25) is 4.68 Å². The SMILES string of the molecule is COCCn1cc(Nc2nccn2C(C)C)cn1. The van der Waals surface area contributed by atoms with Crippen LogP contribution in [-0.4, -0.2) is 33.0 Å². The molecule has 98 valence electrons. The van der Waals surface area contributed by atoms with Gasteiger partial charge in [-0.05, 0) is 13.8 Å². The van der Waals surface area contributed by atoms with Crippen molar-refractivity contribution in [2.75, 3.05) is 19.0 Å². The maximum absolute atomic E-state index is 5.01. The van der Waals surface area contributed by atoms with Crippen LogP contribution >= 0.6 is 0 Å². The molecule has 2 heterocycles. The lowest BCUT2D eigenvalue weighted by Gasteiger charge is -2.11. The van der Waals surface area contributed by atoms with E-state index >= 15 is 0 Å². The second-order valence-electron chi connectivity index (χ2n) is 4.36. The molecule has 18 heavy (non-hydrogen) atoms. The van der Waals surface area contributed by atoms with E-state index in [2.05, 4.69) is 33.8 Å². The van der Waals surface area contributed by atoms with Crippen LogP contribution in [0.1, 0.15) is 19.9 Å². The van der Waals surface area contributed by atoms with Crippen molar-refractivity contribution in [2.24, 2.45) is 0 Å². The monoisotopic (exact) mass is 249 g/mol. The van der Waals surface area contributed by atoms with Gasteiger partial charge >= 0.3 is 0 Å². The fraction of sp³-hybridized carbons (Fsp3) is 0.500. The van der Waals surface area contributed by atoms with Crippen LogP contribution in [0.4, 0.5) is 11.6 Å². The molecule has 0 spiro atoms. The highest BCUT2D eigenvalue weighted by Crippen LogP contribution is 2.17. The fourth-order valence-corrected chi connectivity index (χ4v) is 1.69. The molecule has 0 amide bonds. The quantitative estimate of drug-likeness (QED) is 0.851. The molecule has 0 unspecified atom stereocenters. The molecular weight excluding hydrogens is 230 g/mol. The molecule has 6 nitrogen and oxygen atoms in total. The van der Waals surface area contributed by atoms with Crippen LogP contribution in [0, 0.1) is 0 Å². The van der Waals surface area contributed by atoms with E-state index < -0.39 is 0 Å². The standard InChI is InChI=1S/C12H19N5O/c1-10(2)17-5-4-13-12(17)15-11-8-14-16(9-11)6-7-18-3/h4-5,8-10H,6-7H2,1-3H3,(H,13,15). The molecule has 2 rings (SSSR count). The van der Waals surface area contributed by atoms with E-state index in [0.29, 0.717) is 12.6 Å². The Morgan fingerprint density at radius 1 is 1.44 bits per heavy atom. The molecule has 0 atom stereocenters. The predicted molar refractivity (Wildman–Crippen MR) is 70.0 cm³/mol. The minimum atomic E-state index is 0.374. The second-order valence-corrected chi connectivity index (χ2v) is 4.36. The number of anilines is 2. The summed E-state index contributed by atoms with van der Waals surface area (Å²) in [4.78, 5) is 4.29. The van der Waals surface area contributed by atoms with Crippen LogP contribution in [0.3, 0.4) is 0 Å². The number of nitrogens with zero attached hydrogens (tertiary/aromatic N) is 4. The van der Waals surface area contributed by atoms with Crippen molar-refractivity contribution >= 4 is 11.6 Å². The van der Waals surface area contributed by atoms with Gasteiger partial charge in [0.2, 0.25) is 5.95 Å². The maximum Gasteiger partial charge on any atom is 0.207 e. The molecule has 0 saturated heterocycles. The van der Waals surface area contributed by atoms with E-state index in [1.807, 2.05) is 17.1 Å². The zero-order chi connectivity index (χ0) is 13.0. The van der Waals surface area contributed by atoms with Gasteiger partial charge in [0.25, 0.3) is 0 Å². The third-order valence-corrected chi connectivity index (χ3v) is 2.64. The van der Waals surface area contributed by atoms with Gasteiger partial charge in [0.05, 0.1) is 25.0 Å². The first-order valence-corrected chi connectivity index (χ1v) is 6.02. The van der Waals surface area contributed by atoms with Crippen LogP contribution in [0.5, 0.6) is 0 Å². The van der Waals surface area contributed by atoms with Crippen molar-refractivity contribution in [1.82, 2.24) is 19.3 Å². The van der Waals surface area contributed by atoms with Crippen LogP contribution in [0.2, 0.25) is 0 Å². The summed E-state index contributed by atoms with van der Waals surface area (Å²) in [7, 11) is 1.68. The first-order chi connectivity index (χ1) is 8.70. The van der Waals surface area contributed by atoms with Crippen molar-refractivity contribution in [3.8, 4) is 0 Å². The van der Waals surface area contributed by atoms with E-state index in [4.69, 9.17) is 4.74 Å². The van der Waals surface area contributed by atoms with Crippen LogP contribution in [0.15, 0.2) is 24.8 Å². The van der Waals surface area contributed by atoms with E-state index in [9.17, 15) is 0 Å². The zero-order valence-electron chi connectivity index (χ0n) is 11.0. The number of ether oxygens (including phenoxy) is 1. The molecule has 0 bridgehead atoms. The molecule has 2 aromatic rings. The Morgan fingerprint density at radius 2 is 2.28 bits per heavy atom. The average molecular weight is 249 g/mol. The first-order valence-electron chi connectivity index (χ1n) is 6.02. The van der Waals surface area contributed by atoms with Crippen LogP contribution in [-0.2, 0) is 11.3 Å². The van der Waals surface area contributed by atoms with Gasteiger partial charge in [0, 0.05) is 31.7 Å². The Hall–Kier alpha value is -1.82. The van der Waals surface area contributed by atoms with Crippen LogP contribution in [0.25, 0.3) is 0 Å². The highest BCUT2D eigenvalue weighted by atomic mass is 16.5. The van der Waals surface area contributed by atoms with Crippen molar-refractivity contribution < 1.29 is 4.74 Å². The Morgan fingerprint density at radius 3 is 3.00 bits per heavy atom. The van der Waals surface area contributed by atoms with Gasteiger partial charge in [-0.15, -0.1) is 0 Å². The van der Waals surface area contributed by atoms with Crippen LogP contribution < -0.4 is 5.32 Å². The first kappa shape index (κ1) is 12.6. The summed E-state index contributed by atoms with van der Waals surface area (Å²) in [5.41, 5.74) is 0.930. The number of nitrogens with one attached hydrogen (secondary N) is 1. The summed E-state index contributed by atoms with van der Waals surface area (Å²) in [5, 5.41) is 7.50. The molecular formula is C12H19N5O. The Labute approximate surface area is 107 Å². The third-order valence-electron chi connectivity index (χ3n) is 2.64. The average Bonchev–Trinajstić information content (AvgIpc) is 2.96. The number of methoxy groups -OCH3 is 1. The van der Waals surface area contributed by atoms with Gasteiger partial charge < -0.3 is 14.6 Å². The molecule has 0 aliphatic rings. The summed E-state index contributed by atoms with van der Waals surface area (Å²) >= 11 is 0. The lowest BCUT2D eigenvalue weighted by Crippen LogP contribution is -2.05. The van der Waals surface area contributed by atoms with Gasteiger partial charge in [-0.1, -0.05) is 0 Å². The lowest BCUT2D eigenvalue weighted by atomic mass is 10.4. The summed E-state index contributed by atoms with van der Waals surface area (Å²) in [6, 6.07) is 0.374. The number of hydrogen-bond acceptors (Lipinski definition) is 4. The third kappa shape index (κ3) is 2.89. The normalized spacial score (nSPS) is 11.1. The molecule has 0 aliphatic heterocycles. The molecule has 0 aliphatic carbocycles. The topological polar surface area (TPSA) is 56.9 Å². The second kappa shape index (κ2) is 5.68. The highest BCUT2D eigenvalue weighted by Gasteiger charge is 2.07. The van der Waals surface area contributed by atoms with Crippen molar-refractivity contribution in [1.29, 1.82) is 0 Å². The molecule has 0 fully saturated rings. The molecule has 1 N–H and O–H groups in total. The Bertz CT molecular complexity index is 488. The molecule has 0 saturated carbocycles. The van der Waals surface area contributed by atoms with E-state index in [1.165, 1.54) is 0 Å². The highest BCUT2D eigenvalue weighted by molar-refractivity contribution is 5.50. The van der Waals surface area contributed by atoms with Gasteiger partial charge in [0.15, 0.2) is 0 Å². The van der Waals surface area contributed by atoms with Crippen molar-refractivity contribution in [2.45, 2.75) is 26.4 Å². The predicted octanol–water partition coefficient (Wildman–Crippen LogP) is 2.05. The van der Waals surface area contributed by atoms with Gasteiger partial charge in [-0.25, -0.2) is 4.98 Å². The van der Waals surface area contributed by atoms with Gasteiger partial charge in [0.1, 0.15) is 0 Å². The Kier molecular flexibility index (Phi) is 3.99. The maximum atomic E-state index is 5.01. The molecule has 0 aromatic carbocycles. The fourth-order valence-electron chi connectivity index (χ4n) is 1.69. The van der Waals surface area contributed by atoms with Crippen molar-refractivity contribution in [3.63, 3.8) is 0 Å². The van der Waals surface area contributed by atoms with Gasteiger partial charge in [-0.2, -0.15) is 5.10 Å². The molecule has 0 radical (unpaired) electrons. The van der Waals surface area contributed by atoms with Crippen molar-refractivity contribution in [3.05, 3.63) is 24.8 Å². The number of hydrogen-bond donors (Lipinski definition) is 1. The summed E-state index contributed by atoms with van der Waals surface area (Å²) in [6.45, 7) is 5.64. The number of rotatable bonds is 6. The lowest BCUT2D eigenvalue weighted by molar-refractivity contribution is 0.183. The number of imidazole rings is 1. The zero-order valence-corrected chi connectivity index (χ0v) is 11.0. The van der Waals surface area contributed by atoms with E-state index in [0.717, 1.165) is 18.2 Å². The summed E-state index contributed by atoms with van der Waals surface area (Å²) < 4.78 is 8.93. The Balaban J connectivity index is 2.04. The summed E-state index contributed by atoms with van der Waals surface area (Å²) in [6.07, 6.45) is 7.48. The molecule has 6 heteroatoms. The molecule has 2 aromatic heterocycles. The summed E-state index contributed by atoms with van der Waals surface area (Å²) in [5.74, 6) is 0.830. The largest absolute Gasteiger partial charge is 0.383 e. The van der Waals surface area contributed by atoms with E-state index in [1.54, 1.807) is 19.5 Å². The number of aromatic nitrogens is 4. The van der Waals surface area contributed by atoms with E-state index in [-0.39, 0.29) is 0 Å². The minimum absolute atomic E-state index is 0.374.